The molecule has 0 saturated carbocycles. The van der Waals surface area contributed by atoms with E-state index in [1.165, 1.54) is 0 Å². The lowest BCUT2D eigenvalue weighted by Gasteiger charge is -2.11. The minimum atomic E-state index is 0.313. The Labute approximate surface area is 101 Å². The fourth-order valence-corrected chi connectivity index (χ4v) is 2.14. The van der Waals surface area contributed by atoms with Crippen LogP contribution in [0.1, 0.15) is 31.4 Å². The smallest absolute Gasteiger partial charge is 0.132 e. The summed E-state index contributed by atoms with van der Waals surface area (Å²) in [6, 6.07) is 0.313. The summed E-state index contributed by atoms with van der Waals surface area (Å²) in [7, 11) is 1.92. The van der Waals surface area contributed by atoms with E-state index in [1.54, 1.807) is 0 Å². The quantitative estimate of drug-likeness (QED) is 0.863. The molecule has 0 aliphatic heterocycles. The number of nitrogen functional groups attached to an aromatic ring is 1. The van der Waals surface area contributed by atoms with Gasteiger partial charge in [0.05, 0.1) is 6.20 Å². The van der Waals surface area contributed by atoms with Gasteiger partial charge in [0.15, 0.2) is 0 Å². The van der Waals surface area contributed by atoms with Gasteiger partial charge >= 0.3 is 0 Å². The Morgan fingerprint density at radius 3 is 2.35 bits per heavy atom. The predicted molar refractivity (Wildman–Crippen MR) is 68.7 cm³/mol. The van der Waals surface area contributed by atoms with Gasteiger partial charge in [-0.1, -0.05) is 0 Å². The molecule has 0 fully saturated rings. The topological polar surface area (TPSA) is 61.7 Å². The third-order valence-electron chi connectivity index (χ3n) is 3.13. The number of imidazole rings is 1. The maximum absolute atomic E-state index is 6.18. The molecule has 2 N–H and O–H groups in total. The largest absolute Gasteiger partial charge is 0.383 e. The normalized spacial score (nSPS) is 11.4. The lowest BCUT2D eigenvalue weighted by Crippen LogP contribution is -2.07. The van der Waals surface area contributed by atoms with Gasteiger partial charge in [-0.3, -0.25) is 4.68 Å². The SMILES string of the molecule is Cc1c(-c2nc(C)n(C(C)C)c2N)cnn1C. The first-order valence-corrected chi connectivity index (χ1v) is 5.76. The second-order valence-corrected chi connectivity index (χ2v) is 4.62. The molecule has 0 saturated heterocycles. The van der Waals surface area contributed by atoms with Crippen LogP contribution in [0.3, 0.4) is 0 Å². The summed E-state index contributed by atoms with van der Waals surface area (Å²) in [6.45, 7) is 8.20. The minimum Gasteiger partial charge on any atom is -0.383 e. The number of nitrogens with two attached hydrogens (primary N) is 1. The molecule has 0 unspecified atom stereocenters. The van der Waals surface area contributed by atoms with Crippen LogP contribution in [0.25, 0.3) is 11.3 Å². The Kier molecular flexibility index (Phi) is 2.69. The molecule has 0 spiro atoms. The highest BCUT2D eigenvalue weighted by Crippen LogP contribution is 2.30. The summed E-state index contributed by atoms with van der Waals surface area (Å²) < 4.78 is 3.88. The molecule has 2 aromatic rings. The zero-order valence-electron chi connectivity index (χ0n) is 11.0. The van der Waals surface area contributed by atoms with Gasteiger partial charge in [0.2, 0.25) is 0 Å². The number of hydrogen-bond acceptors (Lipinski definition) is 3. The molecule has 0 aliphatic carbocycles. The molecule has 0 bridgehead atoms. The number of anilines is 1. The van der Waals surface area contributed by atoms with Crippen LogP contribution in [-0.4, -0.2) is 19.3 Å². The van der Waals surface area contributed by atoms with E-state index >= 15 is 0 Å². The lowest BCUT2D eigenvalue weighted by molar-refractivity contribution is 0.590. The van der Waals surface area contributed by atoms with Crippen molar-refractivity contribution < 1.29 is 0 Å². The average Bonchev–Trinajstić information content (AvgIpc) is 2.70. The van der Waals surface area contributed by atoms with Crippen molar-refractivity contribution in [1.82, 2.24) is 19.3 Å². The molecule has 5 nitrogen and oxygen atoms in total. The van der Waals surface area contributed by atoms with Crippen molar-refractivity contribution in [3.63, 3.8) is 0 Å². The Morgan fingerprint density at radius 2 is 1.94 bits per heavy atom. The first kappa shape index (κ1) is 11.7. The van der Waals surface area contributed by atoms with Gasteiger partial charge < -0.3 is 10.3 Å². The maximum Gasteiger partial charge on any atom is 0.132 e. The maximum atomic E-state index is 6.18. The van der Waals surface area contributed by atoms with E-state index in [9.17, 15) is 0 Å². The summed E-state index contributed by atoms with van der Waals surface area (Å²) in [5.41, 5.74) is 9.09. The molecular weight excluding hydrogens is 214 g/mol. The van der Waals surface area contributed by atoms with Crippen LogP contribution in [0, 0.1) is 13.8 Å². The second kappa shape index (κ2) is 3.91. The van der Waals surface area contributed by atoms with E-state index in [-0.39, 0.29) is 0 Å². The van der Waals surface area contributed by atoms with Crippen LogP contribution in [0.2, 0.25) is 0 Å². The lowest BCUT2D eigenvalue weighted by atomic mass is 10.2. The van der Waals surface area contributed by atoms with Crippen LogP contribution >= 0.6 is 0 Å². The van der Waals surface area contributed by atoms with Gasteiger partial charge in [-0.05, 0) is 27.7 Å². The van der Waals surface area contributed by atoms with E-state index in [2.05, 4.69) is 23.9 Å². The monoisotopic (exact) mass is 233 g/mol. The summed E-state index contributed by atoms with van der Waals surface area (Å²) >= 11 is 0. The molecule has 0 atom stereocenters. The molecule has 2 aromatic heterocycles. The first-order chi connectivity index (χ1) is 7.93. The van der Waals surface area contributed by atoms with Gasteiger partial charge in [0.25, 0.3) is 0 Å². The molecule has 2 rings (SSSR count). The average molecular weight is 233 g/mol. The summed E-state index contributed by atoms with van der Waals surface area (Å²) in [5, 5.41) is 4.23. The van der Waals surface area contributed by atoms with E-state index in [4.69, 9.17) is 5.73 Å². The number of rotatable bonds is 2. The van der Waals surface area contributed by atoms with Crippen molar-refractivity contribution in [3.8, 4) is 11.3 Å². The summed E-state index contributed by atoms with van der Waals surface area (Å²) in [5.74, 6) is 1.66. The minimum absolute atomic E-state index is 0.313. The van der Waals surface area contributed by atoms with E-state index < -0.39 is 0 Å². The Balaban J connectivity index is 2.62. The molecule has 17 heavy (non-hydrogen) atoms. The molecule has 0 aliphatic rings. The summed E-state index contributed by atoms with van der Waals surface area (Å²) in [4.78, 5) is 4.56. The van der Waals surface area contributed by atoms with Crippen LogP contribution in [0.4, 0.5) is 5.82 Å². The highest BCUT2D eigenvalue weighted by Gasteiger charge is 2.18. The highest BCUT2D eigenvalue weighted by atomic mass is 15.3. The molecule has 0 aromatic carbocycles. The van der Waals surface area contributed by atoms with Gasteiger partial charge in [-0.25, -0.2) is 4.98 Å². The zero-order chi connectivity index (χ0) is 12.7. The summed E-state index contributed by atoms with van der Waals surface area (Å²) in [6.07, 6.45) is 1.82. The van der Waals surface area contributed by atoms with Crippen molar-refractivity contribution in [2.24, 2.45) is 7.05 Å². The Hall–Kier alpha value is -1.78. The molecular formula is C12H19N5. The first-order valence-electron chi connectivity index (χ1n) is 5.76. The standard InChI is InChI=1S/C12H19N5/c1-7(2)17-9(4)15-11(12(17)13)10-6-14-16(5)8(10)3/h6-7H,13H2,1-5H3. The van der Waals surface area contributed by atoms with E-state index in [0.717, 1.165) is 22.8 Å². The van der Waals surface area contributed by atoms with Crippen molar-refractivity contribution in [1.29, 1.82) is 0 Å². The van der Waals surface area contributed by atoms with Crippen molar-refractivity contribution in [3.05, 3.63) is 17.7 Å². The molecule has 0 radical (unpaired) electrons. The highest BCUT2D eigenvalue weighted by molar-refractivity contribution is 5.72. The van der Waals surface area contributed by atoms with Crippen molar-refractivity contribution in [2.45, 2.75) is 33.7 Å². The Bertz CT molecular complexity index is 547. The number of aromatic nitrogens is 4. The third-order valence-corrected chi connectivity index (χ3v) is 3.13. The molecule has 92 valence electrons. The number of hydrogen-bond donors (Lipinski definition) is 1. The van der Waals surface area contributed by atoms with Crippen LogP contribution in [0.5, 0.6) is 0 Å². The molecule has 0 amide bonds. The van der Waals surface area contributed by atoms with Crippen LogP contribution < -0.4 is 5.73 Å². The van der Waals surface area contributed by atoms with Crippen LogP contribution in [-0.2, 0) is 7.05 Å². The van der Waals surface area contributed by atoms with Crippen molar-refractivity contribution in [2.75, 3.05) is 5.73 Å². The number of nitrogens with zero attached hydrogens (tertiary/aromatic N) is 4. The Morgan fingerprint density at radius 1 is 1.29 bits per heavy atom. The predicted octanol–water partition coefficient (Wildman–Crippen LogP) is 2.06. The van der Waals surface area contributed by atoms with Gasteiger partial charge in [-0.2, -0.15) is 5.10 Å². The van der Waals surface area contributed by atoms with Gasteiger partial charge in [0.1, 0.15) is 17.3 Å². The van der Waals surface area contributed by atoms with Crippen molar-refractivity contribution >= 4 is 5.82 Å². The van der Waals surface area contributed by atoms with E-state index in [0.29, 0.717) is 11.9 Å². The second-order valence-electron chi connectivity index (χ2n) is 4.62. The molecule has 5 heteroatoms. The molecule has 2 heterocycles. The number of aryl methyl sites for hydroxylation is 2. The third kappa shape index (κ3) is 1.71. The fraction of sp³-hybridized carbons (Fsp3) is 0.500. The van der Waals surface area contributed by atoms with E-state index in [1.807, 2.05) is 36.3 Å². The fourth-order valence-electron chi connectivity index (χ4n) is 2.14. The van der Waals surface area contributed by atoms with Crippen LogP contribution in [0.15, 0.2) is 6.20 Å². The zero-order valence-corrected chi connectivity index (χ0v) is 11.0. The van der Waals surface area contributed by atoms with Gasteiger partial charge in [0, 0.05) is 24.3 Å². The van der Waals surface area contributed by atoms with Gasteiger partial charge in [-0.15, -0.1) is 0 Å².